The van der Waals surface area contributed by atoms with Crippen molar-refractivity contribution in [1.82, 2.24) is 10.3 Å². The lowest BCUT2D eigenvalue weighted by molar-refractivity contribution is -0.142. The van der Waals surface area contributed by atoms with E-state index in [1.807, 2.05) is 0 Å². The molecule has 47 heavy (non-hydrogen) atoms. The molecule has 0 aliphatic heterocycles. The lowest BCUT2D eigenvalue weighted by atomic mass is 10.1. The Morgan fingerprint density at radius 3 is 2.38 bits per heavy atom. The molecular formula is C34H34N4O7S2. The standard InChI is InChI=1S/C34H34N4O7S2/c1-5-45-30(39)19-25-20-46-34(36-25)38-31(40)21(2)47-27-14-11-24(12-15-27)35-33(42)28(37-32(41)22-9-7-6-8-10-22)18-23-17-26(43-3)13-16-29(23)44-4/h6-18,20-21H,5,19H2,1-4H3,(H,35,42)(H,37,41)(H,36,38,40)/b28-18-. The highest BCUT2D eigenvalue weighted by atomic mass is 32.2. The summed E-state index contributed by atoms with van der Waals surface area (Å²) < 4.78 is 15.7. The SMILES string of the molecule is CCOC(=O)Cc1csc(NC(=O)C(C)Sc2ccc(NC(=O)/C(=C/c3cc(OC)ccc3OC)NC(=O)c3ccccc3)cc2)n1. The van der Waals surface area contributed by atoms with Crippen molar-refractivity contribution in [2.45, 2.75) is 30.4 Å². The normalized spacial score (nSPS) is 11.6. The molecule has 1 atom stereocenters. The Hall–Kier alpha value is -5.14. The van der Waals surface area contributed by atoms with Gasteiger partial charge in [0.25, 0.3) is 11.8 Å². The summed E-state index contributed by atoms with van der Waals surface area (Å²) in [5.41, 5.74) is 1.90. The third-order valence-corrected chi connectivity index (χ3v) is 8.39. The fourth-order valence-electron chi connectivity index (χ4n) is 4.14. The van der Waals surface area contributed by atoms with Gasteiger partial charge in [-0.3, -0.25) is 19.2 Å². The van der Waals surface area contributed by atoms with Gasteiger partial charge in [0, 0.05) is 27.1 Å². The molecule has 0 aliphatic carbocycles. The lowest BCUT2D eigenvalue weighted by Crippen LogP contribution is -2.30. The number of nitrogens with one attached hydrogen (secondary N) is 3. The van der Waals surface area contributed by atoms with E-state index in [-0.39, 0.29) is 24.0 Å². The summed E-state index contributed by atoms with van der Waals surface area (Å²) in [6.45, 7) is 3.79. The first-order valence-corrected chi connectivity index (χ1v) is 16.2. The second kappa shape index (κ2) is 17.0. The molecule has 0 saturated carbocycles. The third-order valence-electron chi connectivity index (χ3n) is 6.47. The molecule has 0 saturated heterocycles. The van der Waals surface area contributed by atoms with E-state index in [9.17, 15) is 19.2 Å². The van der Waals surface area contributed by atoms with Crippen LogP contribution < -0.4 is 25.4 Å². The molecule has 0 aliphatic rings. The number of anilines is 2. The molecule has 1 aromatic heterocycles. The van der Waals surface area contributed by atoms with E-state index in [1.54, 1.807) is 92.0 Å². The van der Waals surface area contributed by atoms with Crippen LogP contribution in [0, 0.1) is 0 Å². The molecule has 1 heterocycles. The van der Waals surface area contributed by atoms with Gasteiger partial charge in [0.1, 0.15) is 17.2 Å². The number of thiazole rings is 1. The van der Waals surface area contributed by atoms with Crippen LogP contribution in [0.2, 0.25) is 0 Å². The number of thioether (sulfide) groups is 1. The third kappa shape index (κ3) is 10.2. The van der Waals surface area contributed by atoms with Crippen molar-refractivity contribution in [2.75, 3.05) is 31.5 Å². The summed E-state index contributed by atoms with van der Waals surface area (Å²) in [5, 5.41) is 9.96. The summed E-state index contributed by atoms with van der Waals surface area (Å²) in [6, 6.07) is 20.7. The molecule has 4 rings (SSSR count). The Morgan fingerprint density at radius 1 is 0.957 bits per heavy atom. The van der Waals surface area contributed by atoms with E-state index in [4.69, 9.17) is 14.2 Å². The number of hydrogen-bond acceptors (Lipinski definition) is 10. The van der Waals surface area contributed by atoms with Crippen molar-refractivity contribution < 1.29 is 33.4 Å². The fourth-order valence-corrected chi connectivity index (χ4v) is 5.72. The summed E-state index contributed by atoms with van der Waals surface area (Å²) in [7, 11) is 3.04. The van der Waals surface area contributed by atoms with Crippen LogP contribution in [-0.4, -0.2) is 54.8 Å². The molecule has 3 N–H and O–H groups in total. The van der Waals surface area contributed by atoms with E-state index < -0.39 is 17.1 Å². The highest BCUT2D eigenvalue weighted by molar-refractivity contribution is 8.00. The topological polar surface area (TPSA) is 145 Å². The van der Waals surface area contributed by atoms with Gasteiger partial charge in [0.2, 0.25) is 5.91 Å². The molecule has 0 spiro atoms. The summed E-state index contributed by atoms with van der Waals surface area (Å²) in [6.07, 6.45) is 1.56. The smallest absolute Gasteiger partial charge is 0.311 e. The fraction of sp³-hybridized carbons (Fsp3) is 0.206. The average molecular weight is 675 g/mol. The molecule has 0 bridgehead atoms. The number of methoxy groups -OCH3 is 2. The Kier molecular flexibility index (Phi) is 12.5. The molecule has 244 valence electrons. The number of amides is 3. The lowest BCUT2D eigenvalue weighted by Gasteiger charge is -2.14. The number of carbonyl (C=O) groups excluding carboxylic acids is 4. The Balaban J connectivity index is 1.43. The molecule has 4 aromatic rings. The zero-order valence-electron chi connectivity index (χ0n) is 26.2. The second-order valence-corrected chi connectivity index (χ2v) is 12.1. The van der Waals surface area contributed by atoms with Crippen LogP contribution >= 0.6 is 23.1 Å². The van der Waals surface area contributed by atoms with E-state index in [1.165, 1.54) is 43.4 Å². The predicted octanol–water partition coefficient (Wildman–Crippen LogP) is 5.79. The highest BCUT2D eigenvalue weighted by Crippen LogP contribution is 2.28. The van der Waals surface area contributed by atoms with Gasteiger partial charge >= 0.3 is 5.97 Å². The molecule has 3 amide bonds. The van der Waals surface area contributed by atoms with Crippen molar-refractivity contribution in [1.29, 1.82) is 0 Å². The van der Waals surface area contributed by atoms with Crippen LogP contribution in [0.1, 0.15) is 35.5 Å². The maximum atomic E-state index is 13.5. The van der Waals surface area contributed by atoms with Crippen LogP contribution in [0.4, 0.5) is 10.8 Å². The van der Waals surface area contributed by atoms with Crippen molar-refractivity contribution in [3.63, 3.8) is 0 Å². The summed E-state index contributed by atoms with van der Waals surface area (Å²) >= 11 is 2.56. The van der Waals surface area contributed by atoms with Crippen LogP contribution in [0.3, 0.4) is 0 Å². The number of aromatic nitrogens is 1. The minimum Gasteiger partial charge on any atom is -0.497 e. The van der Waals surface area contributed by atoms with Gasteiger partial charge in [0.15, 0.2) is 5.13 Å². The zero-order chi connectivity index (χ0) is 33.8. The second-order valence-electron chi connectivity index (χ2n) is 9.84. The van der Waals surface area contributed by atoms with Gasteiger partial charge < -0.3 is 30.2 Å². The van der Waals surface area contributed by atoms with Crippen molar-refractivity contribution in [3.8, 4) is 11.5 Å². The summed E-state index contributed by atoms with van der Waals surface area (Å²) in [4.78, 5) is 56.1. The van der Waals surface area contributed by atoms with Crippen LogP contribution in [0.25, 0.3) is 6.08 Å². The molecule has 3 aromatic carbocycles. The van der Waals surface area contributed by atoms with Gasteiger partial charge in [-0.1, -0.05) is 18.2 Å². The first kappa shape index (κ1) is 34.7. The zero-order valence-corrected chi connectivity index (χ0v) is 27.8. The molecule has 1 unspecified atom stereocenters. The summed E-state index contributed by atoms with van der Waals surface area (Å²) in [5.74, 6) is -0.607. The van der Waals surface area contributed by atoms with Crippen molar-refractivity contribution in [3.05, 3.63) is 101 Å². The maximum absolute atomic E-state index is 13.5. The van der Waals surface area contributed by atoms with Gasteiger partial charge in [-0.25, -0.2) is 4.98 Å². The van der Waals surface area contributed by atoms with Gasteiger partial charge in [-0.15, -0.1) is 23.1 Å². The number of esters is 1. The van der Waals surface area contributed by atoms with Crippen LogP contribution in [0.5, 0.6) is 11.5 Å². The minimum atomic E-state index is -0.557. The molecule has 13 heteroatoms. The van der Waals surface area contributed by atoms with Gasteiger partial charge in [-0.2, -0.15) is 0 Å². The number of nitrogens with zero attached hydrogens (tertiary/aromatic N) is 1. The number of carbonyl (C=O) groups is 4. The Morgan fingerprint density at radius 2 is 1.70 bits per heavy atom. The predicted molar refractivity (Wildman–Crippen MR) is 183 cm³/mol. The quantitative estimate of drug-likeness (QED) is 0.0859. The van der Waals surface area contributed by atoms with E-state index >= 15 is 0 Å². The van der Waals surface area contributed by atoms with E-state index in [2.05, 4.69) is 20.9 Å². The van der Waals surface area contributed by atoms with Crippen LogP contribution in [-0.2, 0) is 25.5 Å². The number of benzene rings is 3. The van der Waals surface area contributed by atoms with Gasteiger partial charge in [-0.05, 0) is 74.5 Å². The first-order valence-electron chi connectivity index (χ1n) is 14.5. The van der Waals surface area contributed by atoms with E-state index in [0.29, 0.717) is 45.7 Å². The molecule has 0 fully saturated rings. The van der Waals surface area contributed by atoms with Crippen molar-refractivity contribution in [2.24, 2.45) is 0 Å². The van der Waals surface area contributed by atoms with Crippen LogP contribution in [0.15, 0.2) is 88.8 Å². The average Bonchev–Trinajstić information content (AvgIpc) is 3.51. The minimum absolute atomic E-state index is 0.0123. The number of ether oxygens (including phenoxy) is 3. The van der Waals surface area contributed by atoms with E-state index in [0.717, 1.165) is 4.90 Å². The molecule has 11 nitrogen and oxygen atoms in total. The Labute approximate surface area is 280 Å². The Bertz CT molecular complexity index is 1740. The number of rotatable bonds is 14. The van der Waals surface area contributed by atoms with Gasteiger partial charge in [0.05, 0.1) is 38.2 Å². The first-order chi connectivity index (χ1) is 22.7. The maximum Gasteiger partial charge on any atom is 0.311 e. The van der Waals surface area contributed by atoms with Crippen molar-refractivity contribution >= 4 is 63.7 Å². The monoisotopic (exact) mass is 674 g/mol. The highest BCUT2D eigenvalue weighted by Gasteiger charge is 2.19. The number of hydrogen-bond donors (Lipinski definition) is 3. The molecular weight excluding hydrogens is 641 g/mol. The largest absolute Gasteiger partial charge is 0.497 e. The molecule has 0 radical (unpaired) electrons.